The molecule has 0 aliphatic heterocycles. The second kappa shape index (κ2) is 5.11. The van der Waals surface area contributed by atoms with E-state index >= 15 is 0 Å². The molecular weight excluding hydrogens is 281 g/mol. The van der Waals surface area contributed by atoms with Crippen molar-refractivity contribution in [1.82, 2.24) is 10.2 Å². The van der Waals surface area contributed by atoms with Crippen molar-refractivity contribution in [1.29, 1.82) is 0 Å². The molecule has 0 aliphatic rings. The van der Waals surface area contributed by atoms with E-state index in [0.717, 1.165) is 22.2 Å². The smallest absolute Gasteiger partial charge is 0.0670 e. The average Bonchev–Trinajstić information content (AvgIpc) is 2.88. The van der Waals surface area contributed by atoms with E-state index in [4.69, 9.17) is 23.2 Å². The van der Waals surface area contributed by atoms with Gasteiger partial charge in [0.1, 0.15) is 0 Å². The fourth-order valence-electron chi connectivity index (χ4n) is 1.93. The molecule has 2 aromatic carbocycles. The highest BCUT2D eigenvalue weighted by Gasteiger charge is 2.04. The Morgan fingerprint density at radius 1 is 1.16 bits per heavy atom. The lowest BCUT2D eigenvalue weighted by Gasteiger charge is -2.09. The number of anilines is 1. The molecule has 0 saturated carbocycles. The lowest BCUT2D eigenvalue weighted by Crippen LogP contribution is -2.00. The molecule has 0 radical (unpaired) electrons. The molecule has 0 unspecified atom stereocenters. The molecule has 3 rings (SSSR count). The van der Waals surface area contributed by atoms with Crippen LogP contribution in [0.4, 0.5) is 5.69 Å². The Morgan fingerprint density at radius 2 is 2.05 bits per heavy atom. The second-order valence-electron chi connectivity index (χ2n) is 4.24. The number of fused-ring (bicyclic) bond motifs is 1. The van der Waals surface area contributed by atoms with Gasteiger partial charge in [-0.05, 0) is 29.8 Å². The number of rotatable bonds is 3. The first-order valence-corrected chi connectivity index (χ1v) is 6.59. The number of nitrogens with zero attached hydrogens (tertiary/aromatic N) is 1. The summed E-state index contributed by atoms with van der Waals surface area (Å²) in [4.78, 5) is 0. The predicted molar refractivity (Wildman–Crippen MR) is 79.9 cm³/mol. The van der Waals surface area contributed by atoms with E-state index in [1.54, 1.807) is 12.3 Å². The molecule has 96 valence electrons. The van der Waals surface area contributed by atoms with Crippen LogP contribution < -0.4 is 5.32 Å². The van der Waals surface area contributed by atoms with Gasteiger partial charge < -0.3 is 5.32 Å². The molecule has 3 nitrogen and oxygen atoms in total. The maximum Gasteiger partial charge on any atom is 0.0670 e. The first-order chi connectivity index (χ1) is 9.24. The van der Waals surface area contributed by atoms with E-state index in [-0.39, 0.29) is 0 Å². The largest absolute Gasteiger partial charge is 0.381 e. The van der Waals surface area contributed by atoms with Crippen LogP contribution in [0.1, 0.15) is 5.56 Å². The standard InChI is InChI=1S/C14H11Cl2N3/c15-12-3-1-2-10(14(12)16)7-17-11-5-4-9-8-18-19-13(9)6-11/h1-6,8,17H,7H2,(H,18,19). The topological polar surface area (TPSA) is 40.7 Å². The first kappa shape index (κ1) is 12.3. The minimum atomic E-state index is 0.574. The Kier molecular flexibility index (Phi) is 3.32. The van der Waals surface area contributed by atoms with Gasteiger partial charge in [0, 0.05) is 17.6 Å². The van der Waals surface area contributed by atoms with Crippen molar-refractivity contribution in [3.8, 4) is 0 Å². The van der Waals surface area contributed by atoms with Crippen LogP contribution in [0.25, 0.3) is 10.9 Å². The fourth-order valence-corrected chi connectivity index (χ4v) is 2.32. The third-order valence-corrected chi connectivity index (χ3v) is 3.81. The van der Waals surface area contributed by atoms with E-state index in [9.17, 15) is 0 Å². The summed E-state index contributed by atoms with van der Waals surface area (Å²) in [5.74, 6) is 0. The van der Waals surface area contributed by atoms with E-state index in [2.05, 4.69) is 15.5 Å². The number of H-pyrrole nitrogens is 1. The van der Waals surface area contributed by atoms with Crippen LogP contribution in [-0.4, -0.2) is 10.2 Å². The second-order valence-corrected chi connectivity index (χ2v) is 5.02. The number of halogens is 2. The summed E-state index contributed by atoms with van der Waals surface area (Å²) in [6.45, 7) is 0.624. The van der Waals surface area contributed by atoms with E-state index in [1.807, 2.05) is 30.3 Å². The molecule has 0 fully saturated rings. The summed E-state index contributed by atoms with van der Waals surface area (Å²) in [5.41, 5.74) is 2.98. The van der Waals surface area contributed by atoms with Crippen molar-refractivity contribution in [3.63, 3.8) is 0 Å². The predicted octanol–water partition coefficient (Wildman–Crippen LogP) is 4.48. The third kappa shape index (κ3) is 2.53. The van der Waals surface area contributed by atoms with Gasteiger partial charge in [0.25, 0.3) is 0 Å². The Labute approximate surface area is 120 Å². The van der Waals surface area contributed by atoms with Crippen LogP contribution in [0.15, 0.2) is 42.6 Å². The van der Waals surface area contributed by atoms with Gasteiger partial charge in [-0.15, -0.1) is 0 Å². The maximum atomic E-state index is 6.15. The van der Waals surface area contributed by atoms with E-state index < -0.39 is 0 Å². The quantitative estimate of drug-likeness (QED) is 0.747. The van der Waals surface area contributed by atoms with Crippen molar-refractivity contribution in [2.45, 2.75) is 6.54 Å². The van der Waals surface area contributed by atoms with Crippen molar-refractivity contribution >= 4 is 39.8 Å². The molecule has 1 heterocycles. The summed E-state index contributed by atoms with van der Waals surface area (Å²) >= 11 is 12.1. The molecule has 3 aromatic rings. The normalized spacial score (nSPS) is 10.8. The minimum absolute atomic E-state index is 0.574. The summed E-state index contributed by atoms with van der Waals surface area (Å²) in [5, 5.41) is 12.5. The Hall–Kier alpha value is -1.71. The summed E-state index contributed by atoms with van der Waals surface area (Å²) < 4.78 is 0. The van der Waals surface area contributed by atoms with Gasteiger partial charge in [-0.1, -0.05) is 35.3 Å². The molecule has 2 N–H and O–H groups in total. The van der Waals surface area contributed by atoms with Crippen molar-refractivity contribution in [3.05, 3.63) is 58.2 Å². The monoisotopic (exact) mass is 291 g/mol. The van der Waals surface area contributed by atoms with Gasteiger partial charge >= 0.3 is 0 Å². The number of benzene rings is 2. The molecule has 0 atom stereocenters. The number of hydrogen-bond donors (Lipinski definition) is 2. The average molecular weight is 292 g/mol. The third-order valence-electron chi connectivity index (χ3n) is 2.96. The summed E-state index contributed by atoms with van der Waals surface area (Å²) in [6.07, 6.45) is 1.80. The molecule has 5 heteroatoms. The van der Waals surface area contributed by atoms with E-state index in [1.165, 1.54) is 0 Å². The minimum Gasteiger partial charge on any atom is -0.381 e. The highest BCUT2D eigenvalue weighted by Crippen LogP contribution is 2.26. The highest BCUT2D eigenvalue weighted by molar-refractivity contribution is 6.42. The van der Waals surface area contributed by atoms with Crippen molar-refractivity contribution in [2.75, 3.05) is 5.32 Å². The van der Waals surface area contributed by atoms with Gasteiger partial charge in [-0.25, -0.2) is 0 Å². The lowest BCUT2D eigenvalue weighted by atomic mass is 10.2. The number of hydrogen-bond acceptors (Lipinski definition) is 2. The Morgan fingerprint density at radius 3 is 2.95 bits per heavy atom. The lowest BCUT2D eigenvalue weighted by molar-refractivity contribution is 1.12. The van der Waals surface area contributed by atoms with Gasteiger partial charge in [0.05, 0.1) is 21.8 Å². The zero-order valence-electron chi connectivity index (χ0n) is 9.95. The molecule has 0 saturated heterocycles. The Bertz CT molecular complexity index is 722. The maximum absolute atomic E-state index is 6.15. The summed E-state index contributed by atoms with van der Waals surface area (Å²) in [7, 11) is 0. The van der Waals surface area contributed by atoms with Crippen LogP contribution in [0.2, 0.25) is 10.0 Å². The molecule has 19 heavy (non-hydrogen) atoms. The zero-order chi connectivity index (χ0) is 13.2. The first-order valence-electron chi connectivity index (χ1n) is 5.84. The van der Waals surface area contributed by atoms with E-state index in [0.29, 0.717) is 16.6 Å². The Balaban J connectivity index is 1.80. The molecule has 0 amide bonds. The molecule has 0 spiro atoms. The molecular formula is C14H11Cl2N3. The van der Waals surface area contributed by atoms with Gasteiger partial charge in [0.2, 0.25) is 0 Å². The molecule has 0 bridgehead atoms. The number of nitrogens with one attached hydrogen (secondary N) is 2. The van der Waals surface area contributed by atoms with Crippen LogP contribution in [0.5, 0.6) is 0 Å². The van der Waals surface area contributed by atoms with Crippen LogP contribution >= 0.6 is 23.2 Å². The summed E-state index contributed by atoms with van der Waals surface area (Å²) in [6, 6.07) is 11.7. The molecule has 1 aromatic heterocycles. The SMILES string of the molecule is Clc1cccc(CNc2ccc3cn[nH]c3c2)c1Cl. The van der Waals surface area contributed by atoms with Gasteiger partial charge in [-0.3, -0.25) is 5.10 Å². The number of aromatic amines is 1. The number of aromatic nitrogens is 2. The molecule has 0 aliphatic carbocycles. The van der Waals surface area contributed by atoms with Gasteiger partial charge in [0.15, 0.2) is 0 Å². The van der Waals surface area contributed by atoms with Crippen LogP contribution in [0.3, 0.4) is 0 Å². The van der Waals surface area contributed by atoms with Crippen molar-refractivity contribution in [2.24, 2.45) is 0 Å². The highest BCUT2D eigenvalue weighted by atomic mass is 35.5. The van der Waals surface area contributed by atoms with Crippen LogP contribution in [0, 0.1) is 0 Å². The van der Waals surface area contributed by atoms with Crippen LogP contribution in [-0.2, 0) is 6.54 Å². The van der Waals surface area contributed by atoms with Crippen molar-refractivity contribution < 1.29 is 0 Å². The van der Waals surface area contributed by atoms with Gasteiger partial charge in [-0.2, -0.15) is 5.10 Å². The fraction of sp³-hybridized carbons (Fsp3) is 0.0714. The zero-order valence-corrected chi connectivity index (χ0v) is 11.5.